The van der Waals surface area contributed by atoms with Gasteiger partial charge in [-0.05, 0) is 25.1 Å². The van der Waals surface area contributed by atoms with Gasteiger partial charge in [-0.2, -0.15) is 0 Å². The van der Waals surface area contributed by atoms with E-state index in [0.717, 1.165) is 15.6 Å². The van der Waals surface area contributed by atoms with E-state index in [0.29, 0.717) is 18.1 Å². The highest BCUT2D eigenvalue weighted by atomic mass is 79.9. The molecule has 98 valence electrons. The molecule has 0 spiro atoms. The maximum absolute atomic E-state index is 8.87. The van der Waals surface area contributed by atoms with Crippen LogP contribution in [0, 0.1) is 0 Å². The van der Waals surface area contributed by atoms with Gasteiger partial charge in [-0.1, -0.05) is 51.4 Å². The van der Waals surface area contributed by atoms with E-state index in [9.17, 15) is 0 Å². The van der Waals surface area contributed by atoms with Crippen LogP contribution in [-0.2, 0) is 6.61 Å². The number of nitrogens with zero attached hydrogens (tertiary/aromatic N) is 1. The van der Waals surface area contributed by atoms with Gasteiger partial charge < -0.3 is 9.94 Å². The monoisotopic (exact) mass is 319 g/mol. The number of halogens is 1. The zero-order chi connectivity index (χ0) is 13.7. The predicted octanol–water partition coefficient (Wildman–Crippen LogP) is 4.23. The molecule has 0 unspecified atom stereocenters. The van der Waals surface area contributed by atoms with Crippen molar-refractivity contribution >= 4 is 21.6 Å². The third kappa shape index (κ3) is 3.35. The average molecular weight is 320 g/mol. The lowest BCUT2D eigenvalue weighted by molar-refractivity contribution is 0.302. The van der Waals surface area contributed by atoms with E-state index >= 15 is 0 Å². The highest BCUT2D eigenvalue weighted by Gasteiger charge is 2.07. The standard InChI is InChI=1S/C15H14BrNO2/c1-11(17-18)13-7-3-5-9-15(13)19-10-12-6-2-4-8-14(12)16/h2-9,18H,10H2,1H3/b17-11+. The van der Waals surface area contributed by atoms with Gasteiger partial charge in [-0.3, -0.25) is 0 Å². The normalized spacial score (nSPS) is 11.4. The van der Waals surface area contributed by atoms with Gasteiger partial charge in [-0.25, -0.2) is 0 Å². The molecule has 0 fully saturated rings. The van der Waals surface area contributed by atoms with Gasteiger partial charge in [0, 0.05) is 15.6 Å². The maximum atomic E-state index is 8.87. The molecule has 0 saturated carbocycles. The van der Waals surface area contributed by atoms with Crippen molar-refractivity contribution in [2.75, 3.05) is 0 Å². The Kier molecular flexibility index (Phi) is 4.58. The highest BCUT2D eigenvalue weighted by molar-refractivity contribution is 9.10. The highest BCUT2D eigenvalue weighted by Crippen LogP contribution is 2.22. The fourth-order valence-electron chi connectivity index (χ4n) is 1.72. The van der Waals surface area contributed by atoms with Crippen LogP contribution >= 0.6 is 15.9 Å². The molecular weight excluding hydrogens is 306 g/mol. The molecule has 0 saturated heterocycles. The summed E-state index contributed by atoms with van der Waals surface area (Å²) >= 11 is 3.49. The Morgan fingerprint density at radius 1 is 1.16 bits per heavy atom. The first-order valence-electron chi connectivity index (χ1n) is 5.86. The number of ether oxygens (including phenoxy) is 1. The van der Waals surface area contributed by atoms with Crippen LogP contribution in [0.3, 0.4) is 0 Å². The quantitative estimate of drug-likeness (QED) is 0.520. The van der Waals surface area contributed by atoms with Crippen molar-refractivity contribution in [1.82, 2.24) is 0 Å². The Balaban J connectivity index is 2.19. The molecule has 0 amide bonds. The third-order valence-corrected chi connectivity index (χ3v) is 3.54. The van der Waals surface area contributed by atoms with Gasteiger partial charge in [0.2, 0.25) is 0 Å². The van der Waals surface area contributed by atoms with Crippen LogP contribution < -0.4 is 4.74 Å². The largest absolute Gasteiger partial charge is 0.488 e. The number of oxime groups is 1. The molecule has 0 aliphatic rings. The SMILES string of the molecule is C/C(=N\O)c1ccccc1OCc1ccccc1Br. The Morgan fingerprint density at radius 3 is 2.58 bits per heavy atom. The van der Waals surface area contributed by atoms with Crippen molar-refractivity contribution in [2.45, 2.75) is 13.5 Å². The lowest BCUT2D eigenvalue weighted by Crippen LogP contribution is -2.02. The topological polar surface area (TPSA) is 41.8 Å². The molecule has 0 atom stereocenters. The van der Waals surface area contributed by atoms with E-state index in [2.05, 4.69) is 21.1 Å². The molecule has 2 rings (SSSR count). The second kappa shape index (κ2) is 6.38. The lowest BCUT2D eigenvalue weighted by Gasteiger charge is -2.11. The van der Waals surface area contributed by atoms with E-state index in [1.54, 1.807) is 6.92 Å². The summed E-state index contributed by atoms with van der Waals surface area (Å²) in [6.07, 6.45) is 0. The summed E-state index contributed by atoms with van der Waals surface area (Å²) in [7, 11) is 0. The molecule has 19 heavy (non-hydrogen) atoms. The second-order valence-corrected chi connectivity index (χ2v) is 4.92. The molecule has 2 aromatic carbocycles. The number of para-hydroxylation sites is 1. The van der Waals surface area contributed by atoms with Crippen LogP contribution in [-0.4, -0.2) is 10.9 Å². The average Bonchev–Trinajstić information content (AvgIpc) is 2.46. The van der Waals surface area contributed by atoms with E-state index < -0.39 is 0 Å². The summed E-state index contributed by atoms with van der Waals surface area (Å²) in [5, 5.41) is 12.1. The van der Waals surface area contributed by atoms with Crippen molar-refractivity contribution in [3.05, 3.63) is 64.1 Å². The summed E-state index contributed by atoms with van der Waals surface area (Å²) in [6, 6.07) is 15.4. The minimum atomic E-state index is 0.456. The molecule has 0 radical (unpaired) electrons. The van der Waals surface area contributed by atoms with E-state index in [1.165, 1.54) is 0 Å². The van der Waals surface area contributed by atoms with Gasteiger partial charge in [0.15, 0.2) is 0 Å². The molecule has 2 aromatic rings. The fraction of sp³-hybridized carbons (Fsp3) is 0.133. The first kappa shape index (κ1) is 13.6. The Hall–Kier alpha value is -1.81. The Bertz CT molecular complexity index is 596. The minimum absolute atomic E-state index is 0.456. The van der Waals surface area contributed by atoms with Crippen LogP contribution in [0.1, 0.15) is 18.1 Å². The molecule has 3 nitrogen and oxygen atoms in total. The third-order valence-electron chi connectivity index (χ3n) is 2.77. The molecular formula is C15H14BrNO2. The lowest BCUT2D eigenvalue weighted by atomic mass is 10.1. The summed E-state index contributed by atoms with van der Waals surface area (Å²) in [6.45, 7) is 2.19. The predicted molar refractivity (Wildman–Crippen MR) is 78.9 cm³/mol. The summed E-state index contributed by atoms with van der Waals surface area (Å²) in [4.78, 5) is 0. The number of hydrogen-bond acceptors (Lipinski definition) is 3. The molecule has 0 heterocycles. The van der Waals surface area contributed by atoms with E-state index in [4.69, 9.17) is 9.94 Å². The van der Waals surface area contributed by atoms with Crippen LogP contribution in [0.5, 0.6) is 5.75 Å². The second-order valence-electron chi connectivity index (χ2n) is 4.06. The smallest absolute Gasteiger partial charge is 0.128 e. The van der Waals surface area contributed by atoms with Gasteiger partial charge >= 0.3 is 0 Å². The molecule has 0 aliphatic heterocycles. The van der Waals surface area contributed by atoms with E-state index in [-0.39, 0.29) is 0 Å². The first-order valence-corrected chi connectivity index (χ1v) is 6.66. The molecule has 0 aromatic heterocycles. The summed E-state index contributed by atoms with van der Waals surface area (Å²) in [5.41, 5.74) is 2.38. The zero-order valence-electron chi connectivity index (χ0n) is 10.5. The maximum Gasteiger partial charge on any atom is 0.128 e. The van der Waals surface area contributed by atoms with Crippen molar-refractivity contribution in [3.63, 3.8) is 0 Å². The molecule has 1 N–H and O–H groups in total. The first-order chi connectivity index (χ1) is 9.22. The number of benzene rings is 2. The van der Waals surface area contributed by atoms with Crippen LogP contribution in [0.15, 0.2) is 58.2 Å². The summed E-state index contributed by atoms with van der Waals surface area (Å²) in [5.74, 6) is 0.702. The number of rotatable bonds is 4. The zero-order valence-corrected chi connectivity index (χ0v) is 12.1. The molecule has 4 heteroatoms. The van der Waals surface area contributed by atoms with Gasteiger partial charge in [0.05, 0.1) is 5.71 Å². The molecule has 0 bridgehead atoms. The number of hydrogen-bond donors (Lipinski definition) is 1. The van der Waals surface area contributed by atoms with Crippen molar-refractivity contribution < 1.29 is 9.94 Å². The van der Waals surface area contributed by atoms with Crippen LogP contribution in [0.4, 0.5) is 0 Å². The van der Waals surface area contributed by atoms with Gasteiger partial charge in [0.25, 0.3) is 0 Å². The van der Waals surface area contributed by atoms with Crippen molar-refractivity contribution in [1.29, 1.82) is 0 Å². The van der Waals surface area contributed by atoms with E-state index in [1.807, 2.05) is 48.5 Å². The van der Waals surface area contributed by atoms with Gasteiger partial charge in [0.1, 0.15) is 12.4 Å². The van der Waals surface area contributed by atoms with Gasteiger partial charge in [-0.15, -0.1) is 0 Å². The minimum Gasteiger partial charge on any atom is -0.488 e. The Morgan fingerprint density at radius 2 is 1.84 bits per heavy atom. The van der Waals surface area contributed by atoms with Crippen molar-refractivity contribution in [3.8, 4) is 5.75 Å². The fourth-order valence-corrected chi connectivity index (χ4v) is 2.12. The molecule has 0 aliphatic carbocycles. The summed E-state index contributed by atoms with van der Waals surface area (Å²) < 4.78 is 6.82. The Labute approximate surface area is 120 Å². The van der Waals surface area contributed by atoms with Crippen LogP contribution in [0.2, 0.25) is 0 Å². The van der Waals surface area contributed by atoms with Crippen molar-refractivity contribution in [2.24, 2.45) is 5.16 Å². The van der Waals surface area contributed by atoms with Crippen LogP contribution in [0.25, 0.3) is 0 Å².